The van der Waals surface area contributed by atoms with Crippen molar-refractivity contribution in [2.75, 3.05) is 6.54 Å². The molecule has 1 aromatic heterocycles. The van der Waals surface area contributed by atoms with Gasteiger partial charge in [0.25, 0.3) is 0 Å². The zero-order chi connectivity index (χ0) is 8.84. The lowest BCUT2D eigenvalue weighted by molar-refractivity contribution is 0.209. The Morgan fingerprint density at radius 1 is 1.62 bits per heavy atom. The first kappa shape index (κ1) is 7.97. The van der Waals surface area contributed by atoms with Crippen molar-refractivity contribution in [3.05, 3.63) is 22.4 Å². The lowest BCUT2D eigenvalue weighted by Gasteiger charge is -2.33. The van der Waals surface area contributed by atoms with Crippen molar-refractivity contribution in [2.24, 2.45) is 11.7 Å². The molecule has 3 fully saturated rings. The molecule has 1 aliphatic carbocycles. The van der Waals surface area contributed by atoms with Crippen LogP contribution in [-0.2, 0) is 6.54 Å². The predicted molar refractivity (Wildman–Crippen MR) is 54.6 cm³/mol. The number of nitrogens with zero attached hydrogens (tertiary/aromatic N) is 1. The Bertz CT molecular complexity index is 296. The van der Waals surface area contributed by atoms with Gasteiger partial charge in [-0.2, -0.15) is 0 Å². The van der Waals surface area contributed by atoms with Crippen LogP contribution in [-0.4, -0.2) is 23.5 Å². The summed E-state index contributed by atoms with van der Waals surface area (Å²) in [4.78, 5) is 4.01. The van der Waals surface area contributed by atoms with E-state index in [2.05, 4.69) is 22.4 Å². The van der Waals surface area contributed by atoms with Gasteiger partial charge in [-0.3, -0.25) is 4.90 Å². The van der Waals surface area contributed by atoms with Gasteiger partial charge in [0, 0.05) is 30.1 Å². The van der Waals surface area contributed by atoms with E-state index in [4.69, 9.17) is 5.73 Å². The zero-order valence-electron chi connectivity index (χ0n) is 7.52. The molecule has 2 aliphatic heterocycles. The molecular formula is C10H14N2S. The van der Waals surface area contributed by atoms with Gasteiger partial charge in [0.15, 0.2) is 0 Å². The van der Waals surface area contributed by atoms with E-state index in [1.807, 2.05) is 11.3 Å². The smallest absolute Gasteiger partial charge is 0.0331 e. The Balaban J connectivity index is 1.69. The summed E-state index contributed by atoms with van der Waals surface area (Å²) >= 11 is 1.85. The van der Waals surface area contributed by atoms with Crippen molar-refractivity contribution in [2.45, 2.75) is 25.0 Å². The van der Waals surface area contributed by atoms with Gasteiger partial charge in [0.2, 0.25) is 0 Å². The summed E-state index contributed by atoms with van der Waals surface area (Å²) in [6, 6.07) is 5.50. The molecule has 0 aromatic carbocycles. The van der Waals surface area contributed by atoms with Crippen LogP contribution in [0.4, 0.5) is 0 Å². The SMILES string of the molecule is NC1C2CC1N(Cc1cccs1)C2. The summed E-state index contributed by atoms with van der Waals surface area (Å²) in [6.45, 7) is 2.34. The van der Waals surface area contributed by atoms with E-state index in [9.17, 15) is 0 Å². The lowest BCUT2D eigenvalue weighted by atomic mass is 9.81. The number of fused-ring (bicyclic) bond motifs is 1. The Labute approximate surface area is 82.3 Å². The van der Waals surface area contributed by atoms with Crippen LogP contribution in [0.5, 0.6) is 0 Å². The molecule has 3 aliphatic rings. The molecule has 2 nitrogen and oxygen atoms in total. The molecule has 1 aromatic rings. The second-order valence-corrected chi connectivity index (χ2v) is 5.18. The highest BCUT2D eigenvalue weighted by Crippen LogP contribution is 2.40. The predicted octanol–water partition coefficient (Wildman–Crippen LogP) is 1.28. The normalized spacial score (nSPS) is 37.8. The van der Waals surface area contributed by atoms with Crippen LogP contribution in [0.25, 0.3) is 0 Å². The fraction of sp³-hybridized carbons (Fsp3) is 0.600. The molecule has 0 amide bonds. The third kappa shape index (κ3) is 1.15. The summed E-state index contributed by atoms with van der Waals surface area (Å²) < 4.78 is 0. The van der Waals surface area contributed by atoms with Crippen LogP contribution >= 0.6 is 11.3 Å². The van der Waals surface area contributed by atoms with Crippen molar-refractivity contribution < 1.29 is 0 Å². The molecule has 2 saturated heterocycles. The minimum atomic E-state index is 0.472. The van der Waals surface area contributed by atoms with Gasteiger partial charge < -0.3 is 5.73 Å². The first-order valence-corrected chi connectivity index (χ1v) is 5.74. The monoisotopic (exact) mass is 194 g/mol. The summed E-state index contributed by atoms with van der Waals surface area (Å²) in [5.74, 6) is 0.796. The molecule has 3 heteroatoms. The highest BCUT2D eigenvalue weighted by atomic mass is 32.1. The molecule has 3 heterocycles. The Hall–Kier alpha value is -0.380. The van der Waals surface area contributed by atoms with E-state index in [0.717, 1.165) is 12.5 Å². The van der Waals surface area contributed by atoms with Crippen LogP contribution in [0.1, 0.15) is 11.3 Å². The summed E-state index contributed by atoms with van der Waals surface area (Å²) in [5.41, 5.74) is 6.01. The van der Waals surface area contributed by atoms with E-state index in [-0.39, 0.29) is 0 Å². The first-order valence-electron chi connectivity index (χ1n) is 4.86. The Morgan fingerprint density at radius 3 is 3.08 bits per heavy atom. The van der Waals surface area contributed by atoms with Crippen molar-refractivity contribution in [1.82, 2.24) is 4.90 Å². The van der Waals surface area contributed by atoms with Crippen LogP contribution in [0.3, 0.4) is 0 Å². The van der Waals surface area contributed by atoms with E-state index >= 15 is 0 Å². The van der Waals surface area contributed by atoms with Crippen LogP contribution in [0.2, 0.25) is 0 Å². The largest absolute Gasteiger partial charge is 0.326 e. The zero-order valence-corrected chi connectivity index (χ0v) is 8.33. The summed E-state index contributed by atoms with van der Waals surface area (Å²) in [6.07, 6.45) is 1.34. The topological polar surface area (TPSA) is 29.3 Å². The standard InChI is InChI=1S/C10H14N2S/c11-10-7-4-9(10)12(5-7)6-8-2-1-3-13-8/h1-3,7,9-10H,4-6,11H2. The molecular weight excluding hydrogens is 180 g/mol. The number of thiophene rings is 1. The number of nitrogens with two attached hydrogens (primary N) is 1. The third-order valence-electron chi connectivity index (χ3n) is 3.41. The first-order chi connectivity index (χ1) is 6.34. The third-order valence-corrected chi connectivity index (χ3v) is 4.27. The molecule has 4 rings (SSSR count). The molecule has 2 N–H and O–H groups in total. The quantitative estimate of drug-likeness (QED) is 0.768. The number of rotatable bonds is 2. The second kappa shape index (κ2) is 2.80. The molecule has 0 radical (unpaired) electrons. The molecule has 70 valence electrons. The Kier molecular flexibility index (Phi) is 1.72. The van der Waals surface area contributed by atoms with Gasteiger partial charge in [0.1, 0.15) is 0 Å². The van der Waals surface area contributed by atoms with Crippen LogP contribution in [0.15, 0.2) is 17.5 Å². The maximum absolute atomic E-state index is 6.01. The van der Waals surface area contributed by atoms with Crippen molar-refractivity contribution in [1.29, 1.82) is 0 Å². The van der Waals surface area contributed by atoms with Gasteiger partial charge in [-0.05, 0) is 23.8 Å². The summed E-state index contributed by atoms with van der Waals surface area (Å²) in [7, 11) is 0. The molecule has 2 bridgehead atoms. The average molecular weight is 194 g/mol. The van der Waals surface area contributed by atoms with Crippen molar-refractivity contribution in [3.63, 3.8) is 0 Å². The molecule has 13 heavy (non-hydrogen) atoms. The molecule has 3 unspecified atom stereocenters. The van der Waals surface area contributed by atoms with Gasteiger partial charge in [-0.15, -0.1) is 11.3 Å². The Morgan fingerprint density at radius 2 is 2.54 bits per heavy atom. The maximum atomic E-state index is 6.01. The van der Waals surface area contributed by atoms with Crippen molar-refractivity contribution in [3.8, 4) is 0 Å². The molecule has 3 atom stereocenters. The van der Waals surface area contributed by atoms with Crippen LogP contribution < -0.4 is 5.73 Å². The highest BCUT2D eigenvalue weighted by Gasteiger charge is 2.49. The van der Waals surface area contributed by atoms with Gasteiger partial charge in [0.05, 0.1) is 0 Å². The van der Waals surface area contributed by atoms with Crippen LogP contribution in [0, 0.1) is 5.92 Å². The number of hydrogen-bond donors (Lipinski definition) is 1. The minimum absolute atomic E-state index is 0.472. The minimum Gasteiger partial charge on any atom is -0.326 e. The van der Waals surface area contributed by atoms with Crippen molar-refractivity contribution >= 4 is 11.3 Å². The van der Waals surface area contributed by atoms with Gasteiger partial charge >= 0.3 is 0 Å². The second-order valence-electron chi connectivity index (χ2n) is 4.15. The lowest BCUT2D eigenvalue weighted by Crippen LogP contribution is -2.49. The molecule has 1 saturated carbocycles. The van der Waals surface area contributed by atoms with E-state index in [1.54, 1.807) is 0 Å². The van der Waals surface area contributed by atoms with E-state index < -0.39 is 0 Å². The van der Waals surface area contributed by atoms with E-state index in [0.29, 0.717) is 12.1 Å². The average Bonchev–Trinajstić information content (AvgIpc) is 2.78. The van der Waals surface area contributed by atoms with Gasteiger partial charge in [-0.1, -0.05) is 6.07 Å². The molecule has 0 spiro atoms. The summed E-state index contributed by atoms with van der Waals surface area (Å²) in [5, 5.41) is 2.15. The van der Waals surface area contributed by atoms with Gasteiger partial charge in [-0.25, -0.2) is 0 Å². The fourth-order valence-electron chi connectivity index (χ4n) is 2.55. The number of hydrogen-bond acceptors (Lipinski definition) is 3. The van der Waals surface area contributed by atoms with E-state index in [1.165, 1.54) is 17.8 Å². The maximum Gasteiger partial charge on any atom is 0.0331 e. The fourth-order valence-corrected chi connectivity index (χ4v) is 3.28. The highest BCUT2D eigenvalue weighted by molar-refractivity contribution is 7.09.